The third kappa shape index (κ3) is 2.93. The highest BCUT2D eigenvalue weighted by atomic mass is 32.1. The summed E-state index contributed by atoms with van der Waals surface area (Å²) in [5, 5.41) is 0. The summed E-state index contributed by atoms with van der Waals surface area (Å²) in [4.78, 5) is 0. The predicted octanol–water partition coefficient (Wildman–Crippen LogP) is 2.03. The Morgan fingerprint density at radius 2 is 1.70 bits per heavy atom. The Balaban J connectivity index is 0.000000810. The minimum Gasteiger partial charge on any atom is -0.328 e. The van der Waals surface area contributed by atoms with E-state index in [4.69, 9.17) is 5.73 Å². The summed E-state index contributed by atoms with van der Waals surface area (Å²) >= 11 is 0. The lowest BCUT2D eigenvalue weighted by atomic mass is 9.85. The van der Waals surface area contributed by atoms with Crippen molar-refractivity contribution in [2.45, 2.75) is 45.1 Å². The molecular formula is C8H19NS. The van der Waals surface area contributed by atoms with Crippen LogP contribution in [0, 0.1) is 5.92 Å². The van der Waals surface area contributed by atoms with E-state index in [1.807, 2.05) is 0 Å². The summed E-state index contributed by atoms with van der Waals surface area (Å²) in [6.07, 6.45) is 7.00. The van der Waals surface area contributed by atoms with Crippen molar-refractivity contribution in [3.8, 4) is 0 Å². The summed E-state index contributed by atoms with van der Waals surface area (Å²) in [5.41, 5.74) is 5.77. The van der Waals surface area contributed by atoms with Crippen molar-refractivity contribution in [3.63, 3.8) is 0 Å². The van der Waals surface area contributed by atoms with Crippen molar-refractivity contribution in [1.82, 2.24) is 0 Å². The Hall–Kier alpha value is 0.310. The number of hydrogen-bond acceptors (Lipinski definition) is 1. The lowest BCUT2D eigenvalue weighted by Crippen LogP contribution is -2.27. The van der Waals surface area contributed by atoms with Gasteiger partial charge >= 0.3 is 0 Å². The molecule has 1 nitrogen and oxygen atoms in total. The molecule has 1 fully saturated rings. The molecule has 1 aliphatic carbocycles. The molecule has 2 heteroatoms. The van der Waals surface area contributed by atoms with Crippen LogP contribution in [0.5, 0.6) is 0 Å². The van der Waals surface area contributed by atoms with Crippen molar-refractivity contribution < 1.29 is 0 Å². The van der Waals surface area contributed by atoms with Gasteiger partial charge in [0.25, 0.3) is 0 Å². The number of rotatable bonds is 1. The van der Waals surface area contributed by atoms with Gasteiger partial charge in [-0.3, -0.25) is 0 Å². The van der Waals surface area contributed by atoms with Crippen LogP contribution in [-0.4, -0.2) is 6.04 Å². The van der Waals surface area contributed by atoms with Gasteiger partial charge in [0.1, 0.15) is 0 Å². The van der Waals surface area contributed by atoms with Crippen LogP contribution in [0.15, 0.2) is 0 Å². The molecule has 10 heavy (non-hydrogen) atoms. The van der Waals surface area contributed by atoms with Gasteiger partial charge in [-0.25, -0.2) is 0 Å². The summed E-state index contributed by atoms with van der Waals surface area (Å²) in [6, 6.07) is 0.435. The molecule has 0 unspecified atom stereocenters. The van der Waals surface area contributed by atoms with Crippen molar-refractivity contribution in [2.24, 2.45) is 11.7 Å². The molecule has 0 spiro atoms. The fourth-order valence-corrected chi connectivity index (χ4v) is 1.66. The smallest absolute Gasteiger partial charge is 0.00387 e. The van der Waals surface area contributed by atoms with E-state index >= 15 is 0 Å². The summed E-state index contributed by atoms with van der Waals surface area (Å²) in [5.74, 6) is 0.832. The van der Waals surface area contributed by atoms with E-state index in [-0.39, 0.29) is 13.5 Å². The molecule has 0 aromatic heterocycles. The molecule has 0 saturated heterocycles. The molecule has 0 amide bonds. The number of hydrogen-bond donors (Lipinski definition) is 1. The SMILES string of the molecule is C[C@H](N)C1CCCCC1.S. The largest absolute Gasteiger partial charge is 0.328 e. The van der Waals surface area contributed by atoms with E-state index in [0.29, 0.717) is 6.04 Å². The first-order valence-electron chi connectivity index (χ1n) is 4.06. The van der Waals surface area contributed by atoms with Crippen LogP contribution in [0.25, 0.3) is 0 Å². The molecule has 0 bridgehead atoms. The zero-order valence-corrected chi connectivity index (χ0v) is 7.77. The molecule has 0 aliphatic heterocycles. The van der Waals surface area contributed by atoms with Gasteiger partial charge < -0.3 is 5.73 Å². The van der Waals surface area contributed by atoms with Gasteiger partial charge in [-0.2, -0.15) is 13.5 Å². The first kappa shape index (κ1) is 10.3. The van der Waals surface area contributed by atoms with Gasteiger partial charge in [0.05, 0.1) is 0 Å². The Morgan fingerprint density at radius 1 is 1.20 bits per heavy atom. The van der Waals surface area contributed by atoms with Crippen molar-refractivity contribution in [2.75, 3.05) is 0 Å². The van der Waals surface area contributed by atoms with Crippen molar-refractivity contribution in [1.29, 1.82) is 0 Å². The molecule has 0 aromatic carbocycles. The molecule has 2 N–H and O–H groups in total. The second kappa shape index (κ2) is 5.03. The average Bonchev–Trinajstić information content (AvgIpc) is 1.90. The maximum absolute atomic E-state index is 5.77. The Kier molecular flexibility index (Phi) is 5.18. The highest BCUT2D eigenvalue weighted by Crippen LogP contribution is 2.25. The third-order valence-electron chi connectivity index (χ3n) is 2.39. The maximum Gasteiger partial charge on any atom is 0.00387 e. The zero-order chi connectivity index (χ0) is 6.69. The molecular weight excluding hydrogens is 142 g/mol. The molecule has 1 aliphatic rings. The molecule has 1 rings (SSSR count). The quantitative estimate of drug-likeness (QED) is 0.625. The van der Waals surface area contributed by atoms with E-state index in [2.05, 4.69) is 6.92 Å². The second-order valence-corrected chi connectivity index (χ2v) is 3.26. The summed E-state index contributed by atoms with van der Waals surface area (Å²) < 4.78 is 0. The molecule has 62 valence electrons. The van der Waals surface area contributed by atoms with Crippen LogP contribution in [-0.2, 0) is 0 Å². The van der Waals surface area contributed by atoms with E-state index in [1.54, 1.807) is 0 Å². The van der Waals surface area contributed by atoms with Crippen LogP contribution in [0.3, 0.4) is 0 Å². The molecule has 0 heterocycles. The first-order valence-corrected chi connectivity index (χ1v) is 4.06. The van der Waals surface area contributed by atoms with E-state index in [0.717, 1.165) is 5.92 Å². The Morgan fingerprint density at radius 3 is 2.00 bits per heavy atom. The topological polar surface area (TPSA) is 26.0 Å². The van der Waals surface area contributed by atoms with Crippen LogP contribution < -0.4 is 5.73 Å². The van der Waals surface area contributed by atoms with Crippen LogP contribution >= 0.6 is 13.5 Å². The second-order valence-electron chi connectivity index (χ2n) is 3.26. The highest BCUT2D eigenvalue weighted by molar-refractivity contribution is 7.59. The van der Waals surface area contributed by atoms with Crippen LogP contribution in [0.1, 0.15) is 39.0 Å². The van der Waals surface area contributed by atoms with Crippen molar-refractivity contribution in [3.05, 3.63) is 0 Å². The van der Waals surface area contributed by atoms with Crippen LogP contribution in [0.4, 0.5) is 0 Å². The van der Waals surface area contributed by atoms with E-state index < -0.39 is 0 Å². The maximum atomic E-state index is 5.77. The van der Waals surface area contributed by atoms with Crippen molar-refractivity contribution >= 4 is 13.5 Å². The minimum atomic E-state index is 0. The normalized spacial score (nSPS) is 23.4. The zero-order valence-electron chi connectivity index (χ0n) is 6.77. The lowest BCUT2D eigenvalue weighted by molar-refractivity contribution is 0.316. The highest BCUT2D eigenvalue weighted by Gasteiger charge is 2.16. The van der Waals surface area contributed by atoms with Gasteiger partial charge in [-0.05, 0) is 25.7 Å². The fraction of sp³-hybridized carbons (Fsp3) is 1.00. The van der Waals surface area contributed by atoms with E-state index in [9.17, 15) is 0 Å². The molecule has 0 radical (unpaired) electrons. The Bertz CT molecular complexity index is 77.3. The van der Waals surface area contributed by atoms with Gasteiger partial charge in [-0.15, -0.1) is 0 Å². The number of nitrogens with two attached hydrogens (primary N) is 1. The van der Waals surface area contributed by atoms with E-state index in [1.165, 1.54) is 32.1 Å². The standard InChI is InChI=1S/C8H17N.H2S/c1-7(9)8-5-3-2-4-6-8;/h7-8H,2-6,9H2,1H3;1H2/t7-;/m0./s1. The van der Waals surface area contributed by atoms with Gasteiger partial charge in [0.2, 0.25) is 0 Å². The predicted molar refractivity (Wildman–Crippen MR) is 50.6 cm³/mol. The van der Waals surface area contributed by atoms with Gasteiger partial charge in [0, 0.05) is 6.04 Å². The lowest BCUT2D eigenvalue weighted by Gasteiger charge is -2.24. The molecule has 1 saturated carbocycles. The first-order chi connectivity index (χ1) is 4.30. The third-order valence-corrected chi connectivity index (χ3v) is 2.39. The Labute approximate surface area is 70.8 Å². The summed E-state index contributed by atoms with van der Waals surface area (Å²) in [6.45, 7) is 2.13. The molecule has 0 aromatic rings. The summed E-state index contributed by atoms with van der Waals surface area (Å²) in [7, 11) is 0. The minimum absolute atomic E-state index is 0. The van der Waals surface area contributed by atoms with Crippen LogP contribution in [0.2, 0.25) is 0 Å². The fourth-order valence-electron chi connectivity index (χ4n) is 1.66. The average molecular weight is 161 g/mol. The molecule has 1 atom stereocenters. The van der Waals surface area contributed by atoms with Gasteiger partial charge in [-0.1, -0.05) is 19.3 Å². The van der Waals surface area contributed by atoms with Gasteiger partial charge in [0.15, 0.2) is 0 Å². The monoisotopic (exact) mass is 161 g/mol.